The summed E-state index contributed by atoms with van der Waals surface area (Å²) < 4.78 is 1.95. The monoisotopic (exact) mass is 235 g/mol. The van der Waals surface area contributed by atoms with Crippen LogP contribution in [0, 0.1) is 6.92 Å². The maximum Gasteiger partial charge on any atom is 0.0540 e. The fourth-order valence-electron chi connectivity index (χ4n) is 2.01. The van der Waals surface area contributed by atoms with Crippen molar-refractivity contribution in [3.05, 3.63) is 30.1 Å². The molecule has 0 fully saturated rings. The van der Waals surface area contributed by atoms with E-state index in [1.165, 1.54) is 17.7 Å². The van der Waals surface area contributed by atoms with E-state index in [-0.39, 0.29) is 0 Å². The summed E-state index contributed by atoms with van der Waals surface area (Å²) in [6.45, 7) is 9.17. The fourth-order valence-corrected chi connectivity index (χ4v) is 2.01. The molecule has 1 atom stereocenters. The van der Waals surface area contributed by atoms with E-state index in [9.17, 15) is 0 Å². The quantitative estimate of drug-likeness (QED) is 0.554. The van der Waals surface area contributed by atoms with Gasteiger partial charge in [-0.2, -0.15) is 5.10 Å². The smallest absolute Gasteiger partial charge is 0.0540 e. The van der Waals surface area contributed by atoms with Gasteiger partial charge in [0.25, 0.3) is 0 Å². The maximum absolute atomic E-state index is 4.33. The first kappa shape index (κ1) is 14.0. The van der Waals surface area contributed by atoms with E-state index in [0.29, 0.717) is 6.04 Å². The normalized spacial score (nSPS) is 12.6. The second-order valence-electron chi connectivity index (χ2n) is 4.54. The summed E-state index contributed by atoms with van der Waals surface area (Å²) in [4.78, 5) is 0. The van der Waals surface area contributed by atoms with Crippen LogP contribution in [-0.4, -0.2) is 16.3 Å². The van der Waals surface area contributed by atoms with Gasteiger partial charge < -0.3 is 5.32 Å². The van der Waals surface area contributed by atoms with Crippen molar-refractivity contribution in [1.29, 1.82) is 0 Å². The van der Waals surface area contributed by atoms with Gasteiger partial charge >= 0.3 is 0 Å². The molecule has 0 aliphatic rings. The van der Waals surface area contributed by atoms with Crippen LogP contribution in [0.3, 0.4) is 0 Å². The van der Waals surface area contributed by atoms with Gasteiger partial charge in [-0.05, 0) is 39.2 Å². The van der Waals surface area contributed by atoms with Gasteiger partial charge in [0.1, 0.15) is 0 Å². The Morgan fingerprint density at radius 3 is 2.88 bits per heavy atom. The molecule has 0 radical (unpaired) electrons. The largest absolute Gasteiger partial charge is 0.310 e. The summed E-state index contributed by atoms with van der Waals surface area (Å²) in [7, 11) is 2.00. The molecular weight excluding hydrogens is 210 g/mol. The summed E-state index contributed by atoms with van der Waals surface area (Å²) in [5, 5.41) is 7.94. The molecule has 0 amide bonds. The minimum atomic E-state index is 0.434. The topological polar surface area (TPSA) is 29.9 Å². The molecule has 0 bridgehead atoms. The summed E-state index contributed by atoms with van der Waals surface area (Å²) in [6, 6.07) is 0.434. The van der Waals surface area contributed by atoms with E-state index in [4.69, 9.17) is 0 Å². The van der Waals surface area contributed by atoms with E-state index in [0.717, 1.165) is 25.8 Å². The average Bonchev–Trinajstić information content (AvgIpc) is 2.65. The molecule has 1 unspecified atom stereocenters. The van der Waals surface area contributed by atoms with Gasteiger partial charge in [0.15, 0.2) is 0 Å². The molecule has 0 aromatic carbocycles. The molecule has 0 spiro atoms. The lowest BCUT2D eigenvalue weighted by molar-refractivity contribution is 0.483. The third-order valence-corrected chi connectivity index (χ3v) is 3.19. The summed E-state index contributed by atoms with van der Waals surface area (Å²) in [5.74, 6) is 0. The van der Waals surface area contributed by atoms with E-state index in [2.05, 4.69) is 30.8 Å². The first-order chi connectivity index (χ1) is 8.20. The number of hydrogen-bond donors (Lipinski definition) is 1. The van der Waals surface area contributed by atoms with Gasteiger partial charge in [0.2, 0.25) is 0 Å². The zero-order chi connectivity index (χ0) is 12.7. The number of hydrogen-bond acceptors (Lipinski definition) is 2. The Balaban J connectivity index is 2.67. The van der Waals surface area contributed by atoms with Crippen molar-refractivity contribution in [2.45, 2.75) is 45.6 Å². The molecule has 1 aromatic rings. The van der Waals surface area contributed by atoms with Crippen LogP contribution in [0.1, 0.15) is 49.9 Å². The van der Waals surface area contributed by atoms with Crippen LogP contribution in [0.5, 0.6) is 0 Å². The highest BCUT2D eigenvalue weighted by atomic mass is 15.3. The van der Waals surface area contributed by atoms with E-state index < -0.39 is 0 Å². The summed E-state index contributed by atoms with van der Waals surface area (Å²) in [6.07, 6.45) is 8.57. The second-order valence-corrected chi connectivity index (χ2v) is 4.54. The number of nitrogens with zero attached hydrogens (tertiary/aromatic N) is 2. The lowest BCUT2D eigenvalue weighted by Crippen LogP contribution is -2.22. The highest BCUT2D eigenvalue weighted by Gasteiger charge is 2.15. The molecule has 1 heterocycles. The molecule has 96 valence electrons. The average molecular weight is 235 g/mol. The Morgan fingerprint density at radius 2 is 2.35 bits per heavy atom. The van der Waals surface area contributed by atoms with Crippen LogP contribution in [-0.2, 0) is 7.05 Å². The number of rotatable bonds is 8. The standard InChI is InChI=1S/C14H25N3/c1-5-7-8-9-14(15-10-6-2)13-11-16-17(4)12(13)3/h5,11,14-15H,1,6-10H2,2-4H3. The molecule has 1 N–H and O–H groups in total. The zero-order valence-corrected chi connectivity index (χ0v) is 11.4. The molecule has 0 aliphatic carbocycles. The second kappa shape index (κ2) is 7.28. The van der Waals surface area contributed by atoms with Crippen molar-refractivity contribution in [3.63, 3.8) is 0 Å². The van der Waals surface area contributed by atoms with E-state index in [1.54, 1.807) is 0 Å². The lowest BCUT2D eigenvalue weighted by Gasteiger charge is -2.18. The first-order valence-electron chi connectivity index (χ1n) is 6.53. The van der Waals surface area contributed by atoms with Crippen LogP contribution in [0.2, 0.25) is 0 Å². The third kappa shape index (κ3) is 4.00. The SMILES string of the molecule is C=CCCCC(NCCC)c1cnn(C)c1C. The molecule has 3 nitrogen and oxygen atoms in total. The predicted octanol–water partition coefficient (Wildman–Crippen LogP) is 3.13. The molecular formula is C14H25N3. The Labute approximate surface area is 105 Å². The molecule has 1 aromatic heterocycles. The maximum atomic E-state index is 4.33. The Morgan fingerprint density at radius 1 is 1.59 bits per heavy atom. The summed E-state index contributed by atoms with van der Waals surface area (Å²) >= 11 is 0. The number of unbranched alkanes of at least 4 members (excludes halogenated alkanes) is 1. The number of nitrogens with one attached hydrogen (secondary N) is 1. The third-order valence-electron chi connectivity index (χ3n) is 3.19. The predicted molar refractivity (Wildman–Crippen MR) is 73.0 cm³/mol. The van der Waals surface area contributed by atoms with Crippen LogP contribution in [0.4, 0.5) is 0 Å². The Bertz CT molecular complexity index is 341. The minimum Gasteiger partial charge on any atom is -0.310 e. The number of aryl methyl sites for hydroxylation is 1. The zero-order valence-electron chi connectivity index (χ0n) is 11.4. The summed E-state index contributed by atoms with van der Waals surface area (Å²) in [5.41, 5.74) is 2.60. The van der Waals surface area contributed by atoms with Crippen molar-refractivity contribution < 1.29 is 0 Å². The van der Waals surface area contributed by atoms with Crippen LogP contribution >= 0.6 is 0 Å². The van der Waals surface area contributed by atoms with Crippen molar-refractivity contribution in [1.82, 2.24) is 15.1 Å². The molecule has 17 heavy (non-hydrogen) atoms. The van der Waals surface area contributed by atoms with Crippen LogP contribution < -0.4 is 5.32 Å². The minimum absolute atomic E-state index is 0.434. The van der Waals surface area contributed by atoms with E-state index >= 15 is 0 Å². The molecule has 0 aliphatic heterocycles. The Hall–Kier alpha value is -1.09. The van der Waals surface area contributed by atoms with Gasteiger partial charge in [-0.15, -0.1) is 6.58 Å². The molecule has 0 saturated heterocycles. The number of aromatic nitrogens is 2. The van der Waals surface area contributed by atoms with Gasteiger partial charge in [0.05, 0.1) is 6.20 Å². The fraction of sp³-hybridized carbons (Fsp3) is 0.643. The van der Waals surface area contributed by atoms with Crippen LogP contribution in [0.25, 0.3) is 0 Å². The van der Waals surface area contributed by atoms with Crippen LogP contribution in [0.15, 0.2) is 18.9 Å². The van der Waals surface area contributed by atoms with Crippen molar-refractivity contribution in [2.75, 3.05) is 6.54 Å². The molecule has 0 saturated carbocycles. The van der Waals surface area contributed by atoms with Gasteiger partial charge in [-0.1, -0.05) is 13.0 Å². The Kier molecular flexibility index (Phi) is 5.98. The van der Waals surface area contributed by atoms with Gasteiger partial charge in [0, 0.05) is 24.3 Å². The first-order valence-corrected chi connectivity index (χ1v) is 6.53. The van der Waals surface area contributed by atoms with Crippen molar-refractivity contribution >= 4 is 0 Å². The number of allylic oxidation sites excluding steroid dienone is 1. The molecule has 3 heteroatoms. The molecule has 1 rings (SSSR count). The highest BCUT2D eigenvalue weighted by molar-refractivity contribution is 5.20. The van der Waals surface area contributed by atoms with Crippen molar-refractivity contribution in [3.8, 4) is 0 Å². The van der Waals surface area contributed by atoms with Crippen molar-refractivity contribution in [2.24, 2.45) is 7.05 Å². The van der Waals surface area contributed by atoms with E-state index in [1.807, 2.05) is 24.0 Å². The van der Waals surface area contributed by atoms with Gasteiger partial charge in [-0.3, -0.25) is 4.68 Å². The lowest BCUT2D eigenvalue weighted by atomic mass is 10.0. The van der Waals surface area contributed by atoms with Gasteiger partial charge in [-0.25, -0.2) is 0 Å². The highest BCUT2D eigenvalue weighted by Crippen LogP contribution is 2.22.